The maximum atomic E-state index is 14.3. The maximum Gasteiger partial charge on any atom is 0.220 e. The molecular formula is C19H23FN2O3S. The fourth-order valence-corrected chi connectivity index (χ4v) is 3.05. The zero-order valence-electron chi connectivity index (χ0n) is 14.9. The molecular weight excluding hydrogens is 355 g/mol. The summed E-state index contributed by atoms with van der Waals surface area (Å²) in [4.78, 5) is 12.3. The highest BCUT2D eigenvalue weighted by Gasteiger charge is 2.21. The second kappa shape index (κ2) is 8.91. The Morgan fingerprint density at radius 1 is 1.12 bits per heavy atom. The van der Waals surface area contributed by atoms with Crippen LogP contribution in [-0.2, 0) is 14.8 Å². The second-order valence-electron chi connectivity index (χ2n) is 6.12. The van der Waals surface area contributed by atoms with E-state index in [0.29, 0.717) is 5.56 Å². The van der Waals surface area contributed by atoms with Crippen molar-refractivity contribution in [1.29, 1.82) is 0 Å². The van der Waals surface area contributed by atoms with Gasteiger partial charge in [0.05, 0.1) is 6.26 Å². The van der Waals surface area contributed by atoms with Crippen LogP contribution in [0.1, 0.15) is 23.5 Å². The number of benzene rings is 2. The van der Waals surface area contributed by atoms with Crippen molar-refractivity contribution in [3.05, 3.63) is 71.5 Å². The number of hydrogen-bond acceptors (Lipinski definition) is 3. The predicted molar refractivity (Wildman–Crippen MR) is 99.8 cm³/mol. The van der Waals surface area contributed by atoms with E-state index in [4.69, 9.17) is 0 Å². The Hall–Kier alpha value is -2.25. The van der Waals surface area contributed by atoms with Gasteiger partial charge in [0, 0.05) is 32.5 Å². The van der Waals surface area contributed by atoms with Gasteiger partial charge in [0.25, 0.3) is 0 Å². The number of likely N-dealkylation sites (N-methyl/N-ethyl adjacent to an activating group) is 1. The van der Waals surface area contributed by atoms with Crippen LogP contribution in [-0.4, -0.2) is 45.0 Å². The summed E-state index contributed by atoms with van der Waals surface area (Å²) in [5, 5.41) is 2.71. The van der Waals surface area contributed by atoms with Crippen LogP contribution in [0.4, 0.5) is 4.39 Å². The Labute approximate surface area is 153 Å². The molecule has 5 nitrogen and oxygen atoms in total. The molecule has 0 saturated carbocycles. The summed E-state index contributed by atoms with van der Waals surface area (Å²) >= 11 is 0. The average molecular weight is 378 g/mol. The second-order valence-corrected chi connectivity index (χ2v) is 8.21. The van der Waals surface area contributed by atoms with Gasteiger partial charge in [-0.15, -0.1) is 0 Å². The first-order chi connectivity index (χ1) is 12.3. The smallest absolute Gasteiger partial charge is 0.220 e. The molecule has 2 aromatic rings. The largest absolute Gasteiger partial charge is 0.355 e. The van der Waals surface area contributed by atoms with E-state index in [-0.39, 0.29) is 31.2 Å². The Bertz CT molecular complexity index is 841. The highest BCUT2D eigenvalue weighted by Crippen LogP contribution is 2.29. The SMILES string of the molecule is CN(CCNC(=O)C[C@H](c1ccccc1)c1ccccc1F)S(C)(=O)=O. The van der Waals surface area contributed by atoms with E-state index in [1.54, 1.807) is 18.2 Å². The van der Waals surface area contributed by atoms with Gasteiger partial charge in [-0.2, -0.15) is 0 Å². The summed E-state index contributed by atoms with van der Waals surface area (Å²) < 4.78 is 38.2. The lowest BCUT2D eigenvalue weighted by molar-refractivity contribution is -0.121. The lowest BCUT2D eigenvalue weighted by atomic mass is 9.88. The summed E-state index contributed by atoms with van der Waals surface area (Å²) in [6.07, 6.45) is 1.19. The monoisotopic (exact) mass is 378 g/mol. The van der Waals surface area contributed by atoms with E-state index in [9.17, 15) is 17.6 Å². The first kappa shape index (κ1) is 20.1. The number of sulfonamides is 1. The number of halogens is 1. The van der Waals surface area contributed by atoms with Gasteiger partial charge in [-0.05, 0) is 17.2 Å². The van der Waals surface area contributed by atoms with E-state index in [2.05, 4.69) is 5.32 Å². The van der Waals surface area contributed by atoms with Gasteiger partial charge in [0.2, 0.25) is 15.9 Å². The minimum absolute atomic E-state index is 0.0769. The zero-order chi connectivity index (χ0) is 19.2. The van der Waals surface area contributed by atoms with Gasteiger partial charge in [-0.25, -0.2) is 17.1 Å². The van der Waals surface area contributed by atoms with Crippen molar-refractivity contribution in [2.45, 2.75) is 12.3 Å². The molecule has 0 aromatic heterocycles. The fraction of sp³-hybridized carbons (Fsp3) is 0.316. The van der Waals surface area contributed by atoms with Crippen LogP contribution < -0.4 is 5.32 Å². The Kier molecular flexibility index (Phi) is 6.88. The molecule has 0 fully saturated rings. The molecule has 0 unspecified atom stereocenters. The quantitative estimate of drug-likeness (QED) is 0.767. The maximum absolute atomic E-state index is 14.3. The van der Waals surface area contributed by atoms with Gasteiger partial charge in [0.15, 0.2) is 0 Å². The van der Waals surface area contributed by atoms with Gasteiger partial charge >= 0.3 is 0 Å². The summed E-state index contributed by atoms with van der Waals surface area (Å²) in [6, 6.07) is 15.7. The van der Waals surface area contributed by atoms with Crippen molar-refractivity contribution < 1.29 is 17.6 Å². The minimum Gasteiger partial charge on any atom is -0.355 e. The van der Waals surface area contributed by atoms with Crippen LogP contribution >= 0.6 is 0 Å². The van der Waals surface area contributed by atoms with Crippen LogP contribution in [0.25, 0.3) is 0 Å². The topological polar surface area (TPSA) is 66.5 Å². The van der Waals surface area contributed by atoms with Gasteiger partial charge in [0.1, 0.15) is 5.82 Å². The van der Waals surface area contributed by atoms with Crippen molar-refractivity contribution in [3.8, 4) is 0 Å². The molecule has 1 N–H and O–H groups in total. The highest BCUT2D eigenvalue weighted by molar-refractivity contribution is 7.88. The summed E-state index contributed by atoms with van der Waals surface area (Å²) in [7, 11) is -1.83. The standard InChI is InChI=1S/C19H23FN2O3S/c1-22(26(2,24)25)13-12-21-19(23)14-17(15-8-4-3-5-9-15)16-10-6-7-11-18(16)20/h3-11,17H,12-14H2,1-2H3,(H,21,23)/t17-/m1/s1. The van der Waals surface area contributed by atoms with Crippen molar-refractivity contribution in [2.75, 3.05) is 26.4 Å². The lowest BCUT2D eigenvalue weighted by Gasteiger charge is -2.19. The molecule has 1 amide bonds. The molecule has 0 saturated heterocycles. The molecule has 0 aliphatic carbocycles. The van der Waals surface area contributed by atoms with Crippen LogP contribution in [0.2, 0.25) is 0 Å². The van der Waals surface area contributed by atoms with Crippen LogP contribution in [0, 0.1) is 5.82 Å². The van der Waals surface area contributed by atoms with Crippen LogP contribution in [0.15, 0.2) is 54.6 Å². The number of hydrogen-bond donors (Lipinski definition) is 1. The van der Waals surface area contributed by atoms with Crippen molar-refractivity contribution in [3.63, 3.8) is 0 Å². The molecule has 7 heteroatoms. The van der Waals surface area contributed by atoms with E-state index in [1.807, 2.05) is 30.3 Å². The summed E-state index contributed by atoms with van der Waals surface area (Å²) in [6.45, 7) is 0.376. The van der Waals surface area contributed by atoms with Gasteiger partial charge in [-0.3, -0.25) is 4.79 Å². The first-order valence-electron chi connectivity index (χ1n) is 8.26. The van der Waals surface area contributed by atoms with Gasteiger partial charge < -0.3 is 5.32 Å². The van der Waals surface area contributed by atoms with E-state index in [1.165, 1.54) is 17.4 Å². The molecule has 0 aliphatic rings. The van der Waals surface area contributed by atoms with E-state index < -0.39 is 15.9 Å². The van der Waals surface area contributed by atoms with Crippen LogP contribution in [0.5, 0.6) is 0 Å². The Balaban J connectivity index is 2.08. The molecule has 2 rings (SSSR count). The van der Waals surface area contributed by atoms with Gasteiger partial charge in [-0.1, -0.05) is 48.5 Å². The first-order valence-corrected chi connectivity index (χ1v) is 10.1. The lowest BCUT2D eigenvalue weighted by Crippen LogP contribution is -2.36. The fourth-order valence-electron chi connectivity index (χ4n) is 2.63. The van der Waals surface area contributed by atoms with Crippen molar-refractivity contribution in [1.82, 2.24) is 9.62 Å². The summed E-state index contributed by atoms with van der Waals surface area (Å²) in [5.74, 6) is -1.03. The third kappa shape index (κ3) is 5.64. The van der Waals surface area contributed by atoms with Crippen molar-refractivity contribution >= 4 is 15.9 Å². The van der Waals surface area contributed by atoms with E-state index >= 15 is 0 Å². The predicted octanol–water partition coefficient (Wildman–Crippen LogP) is 2.36. The molecule has 0 aliphatic heterocycles. The molecule has 140 valence electrons. The molecule has 1 atom stereocenters. The number of rotatable bonds is 8. The molecule has 0 bridgehead atoms. The third-order valence-corrected chi connectivity index (χ3v) is 5.50. The molecule has 26 heavy (non-hydrogen) atoms. The average Bonchev–Trinajstić information content (AvgIpc) is 2.60. The van der Waals surface area contributed by atoms with Crippen molar-refractivity contribution in [2.24, 2.45) is 0 Å². The highest BCUT2D eigenvalue weighted by atomic mass is 32.2. The zero-order valence-corrected chi connectivity index (χ0v) is 15.7. The third-order valence-electron chi connectivity index (χ3n) is 4.19. The molecule has 0 heterocycles. The molecule has 0 radical (unpaired) electrons. The minimum atomic E-state index is -3.28. The van der Waals surface area contributed by atoms with E-state index in [0.717, 1.165) is 11.8 Å². The Morgan fingerprint density at radius 2 is 1.73 bits per heavy atom. The number of nitrogens with zero attached hydrogens (tertiary/aromatic N) is 1. The number of nitrogens with one attached hydrogen (secondary N) is 1. The number of carbonyl (C=O) groups is 1. The molecule has 0 spiro atoms. The van der Waals surface area contributed by atoms with Crippen LogP contribution in [0.3, 0.4) is 0 Å². The Morgan fingerprint density at radius 3 is 2.35 bits per heavy atom. The normalized spacial score (nSPS) is 12.8. The number of carbonyl (C=O) groups excluding carboxylic acids is 1. The number of amides is 1. The summed E-state index contributed by atoms with van der Waals surface area (Å²) in [5.41, 5.74) is 1.31. The molecule has 2 aromatic carbocycles.